The number of benzene rings is 1. The SMILES string of the molecule is O=C1NC(=O)C(c2cccc3cccnc23)N1. The fraction of sp³-hybridized carbons (Fsp3) is 0.0833. The quantitative estimate of drug-likeness (QED) is 0.717. The van der Waals surface area contributed by atoms with E-state index in [1.165, 1.54) is 0 Å². The van der Waals surface area contributed by atoms with Crippen LogP contribution < -0.4 is 10.6 Å². The molecule has 3 amide bonds. The first-order valence-corrected chi connectivity index (χ1v) is 5.21. The summed E-state index contributed by atoms with van der Waals surface area (Å²) >= 11 is 0. The Morgan fingerprint density at radius 2 is 1.94 bits per heavy atom. The lowest BCUT2D eigenvalue weighted by Crippen LogP contribution is -2.22. The maximum absolute atomic E-state index is 11.6. The number of fused-ring (bicyclic) bond motifs is 1. The number of hydrogen-bond donors (Lipinski definition) is 2. The Balaban J connectivity index is 2.17. The fourth-order valence-corrected chi connectivity index (χ4v) is 2.00. The van der Waals surface area contributed by atoms with Crippen LogP contribution >= 0.6 is 0 Å². The molecule has 2 heterocycles. The van der Waals surface area contributed by atoms with Gasteiger partial charge >= 0.3 is 6.03 Å². The van der Waals surface area contributed by atoms with Crippen LogP contribution in [0, 0.1) is 0 Å². The highest BCUT2D eigenvalue weighted by molar-refractivity contribution is 6.06. The monoisotopic (exact) mass is 227 g/mol. The van der Waals surface area contributed by atoms with Gasteiger partial charge < -0.3 is 5.32 Å². The zero-order valence-corrected chi connectivity index (χ0v) is 8.81. The second kappa shape index (κ2) is 3.55. The van der Waals surface area contributed by atoms with E-state index in [9.17, 15) is 9.59 Å². The summed E-state index contributed by atoms with van der Waals surface area (Å²) in [5, 5.41) is 5.73. The summed E-state index contributed by atoms with van der Waals surface area (Å²) in [5.74, 6) is -0.340. The Kier molecular flexibility index (Phi) is 2.04. The molecule has 2 N–H and O–H groups in total. The van der Waals surface area contributed by atoms with Gasteiger partial charge in [0, 0.05) is 17.1 Å². The zero-order valence-electron chi connectivity index (χ0n) is 8.81. The van der Waals surface area contributed by atoms with Crippen molar-refractivity contribution in [2.75, 3.05) is 0 Å². The molecule has 0 spiro atoms. The van der Waals surface area contributed by atoms with Crippen molar-refractivity contribution in [2.24, 2.45) is 0 Å². The van der Waals surface area contributed by atoms with Crippen LogP contribution in [-0.4, -0.2) is 16.9 Å². The van der Waals surface area contributed by atoms with Gasteiger partial charge in [-0.2, -0.15) is 0 Å². The van der Waals surface area contributed by atoms with E-state index >= 15 is 0 Å². The molecule has 2 aromatic rings. The minimum Gasteiger partial charge on any atom is -0.322 e. The summed E-state index contributed by atoms with van der Waals surface area (Å²) in [6.45, 7) is 0. The maximum Gasteiger partial charge on any atom is 0.322 e. The number of aromatic nitrogens is 1. The second-order valence-corrected chi connectivity index (χ2v) is 3.82. The third-order valence-electron chi connectivity index (χ3n) is 2.75. The third-order valence-corrected chi connectivity index (χ3v) is 2.75. The lowest BCUT2D eigenvalue weighted by atomic mass is 10.0. The topological polar surface area (TPSA) is 71.1 Å². The van der Waals surface area contributed by atoms with Gasteiger partial charge in [0.25, 0.3) is 5.91 Å². The number of nitrogens with zero attached hydrogens (tertiary/aromatic N) is 1. The molecule has 1 aromatic carbocycles. The summed E-state index contributed by atoms with van der Waals surface area (Å²) in [6, 6.07) is 8.19. The number of carbonyl (C=O) groups excluding carboxylic acids is 2. The van der Waals surface area contributed by atoms with Gasteiger partial charge in [-0.25, -0.2) is 4.79 Å². The number of rotatable bonds is 1. The highest BCUT2D eigenvalue weighted by Gasteiger charge is 2.32. The number of amides is 3. The molecule has 0 aliphatic carbocycles. The smallest absolute Gasteiger partial charge is 0.322 e. The molecule has 0 bridgehead atoms. The van der Waals surface area contributed by atoms with Gasteiger partial charge in [-0.1, -0.05) is 24.3 Å². The van der Waals surface area contributed by atoms with E-state index in [0.29, 0.717) is 5.56 Å². The summed E-state index contributed by atoms with van der Waals surface area (Å²) < 4.78 is 0. The highest BCUT2D eigenvalue weighted by atomic mass is 16.2. The van der Waals surface area contributed by atoms with Crippen LogP contribution in [-0.2, 0) is 4.79 Å². The molecule has 1 unspecified atom stereocenters. The summed E-state index contributed by atoms with van der Waals surface area (Å²) in [6.07, 6.45) is 1.67. The predicted octanol–water partition coefficient (Wildman–Crippen LogP) is 1.12. The predicted molar refractivity (Wildman–Crippen MR) is 61.2 cm³/mol. The molecule has 5 heteroatoms. The van der Waals surface area contributed by atoms with E-state index in [1.807, 2.05) is 24.3 Å². The highest BCUT2D eigenvalue weighted by Crippen LogP contribution is 2.24. The molecule has 1 fully saturated rings. The molecular weight excluding hydrogens is 218 g/mol. The van der Waals surface area contributed by atoms with Gasteiger partial charge in [-0.3, -0.25) is 15.1 Å². The largest absolute Gasteiger partial charge is 0.322 e. The molecule has 3 rings (SSSR count). The van der Waals surface area contributed by atoms with E-state index in [1.54, 1.807) is 12.3 Å². The first-order valence-electron chi connectivity index (χ1n) is 5.21. The van der Waals surface area contributed by atoms with Gasteiger partial charge in [0.05, 0.1) is 5.52 Å². The molecule has 17 heavy (non-hydrogen) atoms. The molecular formula is C12H9N3O2. The van der Waals surface area contributed by atoms with Crippen molar-refractivity contribution >= 4 is 22.8 Å². The summed E-state index contributed by atoms with van der Waals surface area (Å²) in [7, 11) is 0. The Bertz CT molecular complexity index is 619. The zero-order chi connectivity index (χ0) is 11.8. The first kappa shape index (κ1) is 9.77. The lowest BCUT2D eigenvalue weighted by molar-refractivity contribution is -0.120. The van der Waals surface area contributed by atoms with E-state index in [0.717, 1.165) is 10.9 Å². The summed E-state index contributed by atoms with van der Waals surface area (Å²) in [4.78, 5) is 27.0. The van der Waals surface area contributed by atoms with E-state index in [2.05, 4.69) is 15.6 Å². The molecule has 0 saturated carbocycles. The van der Waals surface area contributed by atoms with Crippen LogP contribution in [0.3, 0.4) is 0 Å². The van der Waals surface area contributed by atoms with Crippen LogP contribution in [0.2, 0.25) is 0 Å². The van der Waals surface area contributed by atoms with Crippen molar-refractivity contribution < 1.29 is 9.59 Å². The average molecular weight is 227 g/mol. The van der Waals surface area contributed by atoms with Gasteiger partial charge in [-0.05, 0) is 6.07 Å². The van der Waals surface area contributed by atoms with Gasteiger partial charge in [0.2, 0.25) is 0 Å². The van der Waals surface area contributed by atoms with E-state index in [-0.39, 0.29) is 5.91 Å². The molecule has 1 saturated heterocycles. The number of hydrogen-bond acceptors (Lipinski definition) is 3. The standard InChI is InChI=1S/C12H9N3O2/c16-11-10(14-12(17)15-11)8-5-1-3-7-4-2-6-13-9(7)8/h1-6,10H,(H2,14,15,16,17). The number of imide groups is 1. The second-order valence-electron chi connectivity index (χ2n) is 3.82. The number of carbonyl (C=O) groups is 2. The Morgan fingerprint density at radius 3 is 2.71 bits per heavy atom. The Hall–Kier alpha value is -2.43. The van der Waals surface area contributed by atoms with E-state index < -0.39 is 12.1 Å². The van der Waals surface area contributed by atoms with Crippen molar-refractivity contribution in [2.45, 2.75) is 6.04 Å². The number of nitrogens with one attached hydrogen (secondary N) is 2. The Morgan fingerprint density at radius 1 is 1.12 bits per heavy atom. The minimum atomic E-state index is -0.652. The van der Waals surface area contributed by atoms with Crippen molar-refractivity contribution in [3.05, 3.63) is 42.1 Å². The summed E-state index contributed by atoms with van der Waals surface area (Å²) in [5.41, 5.74) is 1.45. The van der Waals surface area contributed by atoms with Crippen LogP contribution in [0.4, 0.5) is 4.79 Å². The fourth-order valence-electron chi connectivity index (χ4n) is 2.00. The van der Waals surface area contributed by atoms with Crippen molar-refractivity contribution in [1.82, 2.24) is 15.6 Å². The molecule has 1 atom stereocenters. The van der Waals surface area contributed by atoms with Gasteiger partial charge in [0.1, 0.15) is 6.04 Å². The number of pyridine rings is 1. The van der Waals surface area contributed by atoms with Crippen LogP contribution in [0.25, 0.3) is 10.9 Å². The molecule has 5 nitrogen and oxygen atoms in total. The first-order chi connectivity index (χ1) is 8.25. The van der Waals surface area contributed by atoms with Crippen LogP contribution in [0.1, 0.15) is 11.6 Å². The maximum atomic E-state index is 11.6. The molecule has 1 aromatic heterocycles. The van der Waals surface area contributed by atoms with Gasteiger partial charge in [-0.15, -0.1) is 0 Å². The number of para-hydroxylation sites is 1. The van der Waals surface area contributed by atoms with Gasteiger partial charge in [0.15, 0.2) is 0 Å². The van der Waals surface area contributed by atoms with Crippen LogP contribution in [0.15, 0.2) is 36.5 Å². The Labute approximate surface area is 96.8 Å². The van der Waals surface area contributed by atoms with Crippen molar-refractivity contribution in [3.8, 4) is 0 Å². The average Bonchev–Trinajstić information content (AvgIpc) is 2.68. The molecule has 0 radical (unpaired) electrons. The third kappa shape index (κ3) is 1.52. The van der Waals surface area contributed by atoms with E-state index in [4.69, 9.17) is 0 Å². The van der Waals surface area contributed by atoms with Crippen molar-refractivity contribution in [3.63, 3.8) is 0 Å². The van der Waals surface area contributed by atoms with Crippen LogP contribution in [0.5, 0.6) is 0 Å². The molecule has 1 aliphatic rings. The molecule has 1 aliphatic heterocycles. The van der Waals surface area contributed by atoms with Crippen molar-refractivity contribution in [1.29, 1.82) is 0 Å². The minimum absolute atomic E-state index is 0.340. The molecule has 84 valence electrons. The number of urea groups is 1. The lowest BCUT2D eigenvalue weighted by Gasteiger charge is -2.09. The normalized spacial score (nSPS) is 19.2.